The van der Waals surface area contributed by atoms with Gasteiger partial charge in [0, 0.05) is 0 Å². The van der Waals surface area contributed by atoms with E-state index in [1.165, 1.54) is 0 Å². The molecule has 0 aromatic rings. The average molecular weight is 314 g/mol. The molecular weight excluding hydrogens is 286 g/mol. The first kappa shape index (κ1) is 19.7. The maximum Gasteiger partial charge on any atom is 0.339 e. The van der Waals surface area contributed by atoms with E-state index >= 15 is 0 Å². The van der Waals surface area contributed by atoms with E-state index in [0.717, 1.165) is 25.7 Å². The van der Waals surface area contributed by atoms with Gasteiger partial charge in [-0.15, -0.1) is 0 Å². The van der Waals surface area contributed by atoms with E-state index in [9.17, 15) is 0 Å². The Bertz CT molecular complexity index is 152. The Labute approximate surface area is 120 Å². The zero-order valence-electron chi connectivity index (χ0n) is 12.6. The van der Waals surface area contributed by atoms with Crippen molar-refractivity contribution in [1.29, 1.82) is 0 Å². The highest BCUT2D eigenvalue weighted by Gasteiger charge is 2.22. The zero-order valence-corrected chi connectivity index (χ0v) is 14.4. The van der Waals surface area contributed by atoms with Crippen molar-refractivity contribution in [3.8, 4) is 0 Å². The Balaban J connectivity index is 4.16. The van der Waals surface area contributed by atoms with Gasteiger partial charge in [-0.2, -0.15) is 0 Å². The molecular formula is C12H28O5P2. The van der Waals surface area contributed by atoms with Crippen LogP contribution in [0.2, 0.25) is 0 Å². The lowest BCUT2D eigenvalue weighted by molar-refractivity contribution is 0.166. The minimum absolute atomic E-state index is 0.625. The van der Waals surface area contributed by atoms with Crippen LogP contribution < -0.4 is 0 Å². The van der Waals surface area contributed by atoms with Crippen molar-refractivity contribution in [3.63, 3.8) is 0 Å². The van der Waals surface area contributed by atoms with Crippen LogP contribution in [-0.4, -0.2) is 26.4 Å². The van der Waals surface area contributed by atoms with E-state index < -0.39 is 17.2 Å². The van der Waals surface area contributed by atoms with Crippen LogP contribution in [0.15, 0.2) is 0 Å². The van der Waals surface area contributed by atoms with Crippen molar-refractivity contribution in [3.05, 3.63) is 0 Å². The molecule has 0 atom stereocenters. The lowest BCUT2D eigenvalue weighted by atomic mass is 10.5. The first-order valence-electron chi connectivity index (χ1n) is 7.08. The zero-order chi connectivity index (χ0) is 14.3. The van der Waals surface area contributed by atoms with Gasteiger partial charge in [0.2, 0.25) is 0 Å². The van der Waals surface area contributed by atoms with Crippen LogP contribution in [0.3, 0.4) is 0 Å². The van der Waals surface area contributed by atoms with E-state index in [4.69, 9.17) is 22.4 Å². The van der Waals surface area contributed by atoms with Gasteiger partial charge in [0.05, 0.1) is 26.4 Å². The molecule has 0 aliphatic heterocycles. The maximum absolute atomic E-state index is 5.70. The van der Waals surface area contributed by atoms with Crippen LogP contribution >= 0.6 is 17.2 Å². The lowest BCUT2D eigenvalue weighted by Crippen LogP contribution is -2.00. The van der Waals surface area contributed by atoms with E-state index in [2.05, 4.69) is 27.7 Å². The fourth-order valence-corrected chi connectivity index (χ4v) is 3.55. The van der Waals surface area contributed by atoms with Crippen molar-refractivity contribution < 1.29 is 22.4 Å². The third-order valence-corrected chi connectivity index (χ3v) is 4.38. The number of hydrogen-bond donors (Lipinski definition) is 0. The lowest BCUT2D eigenvalue weighted by Gasteiger charge is -2.21. The molecule has 0 fully saturated rings. The Morgan fingerprint density at radius 1 is 0.526 bits per heavy atom. The molecule has 0 aromatic heterocycles. The van der Waals surface area contributed by atoms with Gasteiger partial charge in [-0.05, 0) is 25.7 Å². The normalized spacial score (nSPS) is 11.7. The molecule has 0 aliphatic rings. The fraction of sp³-hybridized carbons (Fsp3) is 1.00. The molecule has 0 aliphatic carbocycles. The highest BCUT2D eigenvalue weighted by atomic mass is 31.2. The van der Waals surface area contributed by atoms with Crippen LogP contribution in [0.25, 0.3) is 0 Å². The quantitative estimate of drug-likeness (QED) is 0.414. The summed E-state index contributed by atoms with van der Waals surface area (Å²) in [5, 5.41) is 0. The first-order chi connectivity index (χ1) is 9.28. The number of hydrogen-bond acceptors (Lipinski definition) is 5. The van der Waals surface area contributed by atoms with E-state index in [1.54, 1.807) is 0 Å². The minimum Gasteiger partial charge on any atom is -0.312 e. The van der Waals surface area contributed by atoms with Gasteiger partial charge < -0.3 is 18.1 Å². The van der Waals surface area contributed by atoms with Crippen LogP contribution in [0.5, 0.6) is 0 Å². The van der Waals surface area contributed by atoms with Crippen molar-refractivity contribution in [2.45, 2.75) is 53.4 Å². The number of rotatable bonds is 14. The first-order valence-corrected chi connectivity index (χ1v) is 9.27. The third kappa shape index (κ3) is 12.1. The van der Waals surface area contributed by atoms with E-state index in [-0.39, 0.29) is 0 Å². The Morgan fingerprint density at radius 3 is 1.00 bits per heavy atom. The molecule has 0 unspecified atom stereocenters. The second kappa shape index (κ2) is 15.1. The van der Waals surface area contributed by atoms with Gasteiger partial charge >= 0.3 is 17.2 Å². The van der Waals surface area contributed by atoms with Crippen LogP contribution in [0, 0.1) is 0 Å². The van der Waals surface area contributed by atoms with Crippen molar-refractivity contribution in [1.82, 2.24) is 0 Å². The van der Waals surface area contributed by atoms with Crippen molar-refractivity contribution >= 4 is 17.2 Å². The topological polar surface area (TPSA) is 46.2 Å². The molecule has 0 bridgehead atoms. The Hall–Kier alpha value is 0.660. The summed E-state index contributed by atoms with van der Waals surface area (Å²) in [4.78, 5) is 0. The highest BCUT2D eigenvalue weighted by molar-refractivity contribution is 7.55. The monoisotopic (exact) mass is 314 g/mol. The highest BCUT2D eigenvalue weighted by Crippen LogP contribution is 2.55. The Morgan fingerprint density at radius 2 is 0.789 bits per heavy atom. The van der Waals surface area contributed by atoms with Gasteiger partial charge in [-0.1, -0.05) is 27.7 Å². The standard InChI is InChI=1S/C12H28O5P2/c1-5-9-13-18(14-10-6-2)17-19(15-11-7-3)16-12-8-4/h5-12H2,1-4H3. The second-order valence-electron chi connectivity index (χ2n) is 3.86. The third-order valence-electron chi connectivity index (χ3n) is 1.74. The maximum atomic E-state index is 5.70. The molecule has 116 valence electrons. The molecule has 7 heteroatoms. The van der Waals surface area contributed by atoms with Gasteiger partial charge in [-0.25, -0.2) is 4.31 Å². The van der Waals surface area contributed by atoms with Crippen LogP contribution in [0.1, 0.15) is 53.4 Å². The fourth-order valence-electron chi connectivity index (χ4n) is 0.887. The molecule has 0 saturated carbocycles. The molecule has 0 saturated heterocycles. The SMILES string of the molecule is CCCOP(OCCC)OP(OCCC)OCCC. The van der Waals surface area contributed by atoms with E-state index in [0.29, 0.717) is 26.4 Å². The molecule has 0 radical (unpaired) electrons. The average Bonchev–Trinajstić information content (AvgIpc) is 2.44. The predicted octanol–water partition coefficient (Wildman–Crippen LogP) is 5.16. The molecule has 5 nitrogen and oxygen atoms in total. The summed E-state index contributed by atoms with van der Waals surface area (Å²) in [5.74, 6) is 0. The largest absolute Gasteiger partial charge is 0.339 e. The predicted molar refractivity (Wildman–Crippen MR) is 79.9 cm³/mol. The minimum atomic E-state index is -1.37. The van der Waals surface area contributed by atoms with Crippen LogP contribution in [-0.2, 0) is 22.4 Å². The van der Waals surface area contributed by atoms with Crippen LogP contribution in [0.4, 0.5) is 0 Å². The van der Waals surface area contributed by atoms with Crippen molar-refractivity contribution in [2.75, 3.05) is 26.4 Å². The van der Waals surface area contributed by atoms with Gasteiger partial charge in [0.1, 0.15) is 0 Å². The van der Waals surface area contributed by atoms with Gasteiger partial charge in [-0.3, -0.25) is 0 Å². The summed E-state index contributed by atoms with van der Waals surface area (Å²) in [6, 6.07) is 0. The molecule has 0 heterocycles. The smallest absolute Gasteiger partial charge is 0.312 e. The second-order valence-corrected chi connectivity index (χ2v) is 6.44. The molecule has 0 rings (SSSR count). The van der Waals surface area contributed by atoms with E-state index in [1.807, 2.05) is 0 Å². The molecule has 0 N–H and O–H groups in total. The van der Waals surface area contributed by atoms with Gasteiger partial charge in [0.15, 0.2) is 0 Å². The summed E-state index contributed by atoms with van der Waals surface area (Å²) in [7, 11) is -2.73. The molecule has 0 amide bonds. The molecule has 0 spiro atoms. The summed E-state index contributed by atoms with van der Waals surface area (Å²) < 4.78 is 27.9. The summed E-state index contributed by atoms with van der Waals surface area (Å²) in [5.41, 5.74) is 0. The van der Waals surface area contributed by atoms with Crippen molar-refractivity contribution in [2.24, 2.45) is 0 Å². The molecule has 19 heavy (non-hydrogen) atoms. The van der Waals surface area contributed by atoms with Gasteiger partial charge in [0.25, 0.3) is 0 Å². The summed E-state index contributed by atoms with van der Waals surface area (Å²) in [6.45, 7) is 10.7. The Kier molecular flexibility index (Phi) is 15.6. The molecule has 0 aromatic carbocycles. The summed E-state index contributed by atoms with van der Waals surface area (Å²) >= 11 is 0. The summed E-state index contributed by atoms with van der Waals surface area (Å²) in [6.07, 6.45) is 3.73.